The van der Waals surface area contributed by atoms with E-state index in [-0.39, 0.29) is 0 Å². The highest BCUT2D eigenvalue weighted by atomic mass is 32.2. The van der Waals surface area contributed by atoms with Crippen molar-refractivity contribution in [2.75, 3.05) is 18.2 Å². The summed E-state index contributed by atoms with van der Waals surface area (Å²) in [6.07, 6.45) is 5.24. The largest absolute Gasteiger partial charge is 0.441 e. The first-order chi connectivity index (χ1) is 6.31. The van der Waals surface area contributed by atoms with E-state index in [4.69, 9.17) is 4.74 Å². The molecule has 68 valence electrons. The number of hydrogen-bond donors (Lipinski definition) is 0. The van der Waals surface area contributed by atoms with Crippen molar-refractivity contribution in [3.8, 4) is 5.88 Å². The summed E-state index contributed by atoms with van der Waals surface area (Å²) in [5.74, 6) is 1.14. The quantitative estimate of drug-likeness (QED) is 0.622. The standard InChI is InChI=1S/C7H8N4OS/c1-11-3-4-12-6-5(11)8-7(13-2)10-9-6/h3-4H,1-2H3. The Kier molecular flexibility index (Phi) is 2.05. The van der Waals surface area contributed by atoms with Crippen molar-refractivity contribution < 1.29 is 4.74 Å². The molecule has 1 aliphatic heterocycles. The molecule has 2 rings (SSSR count). The molecule has 0 aromatic carbocycles. The van der Waals surface area contributed by atoms with Crippen LogP contribution in [-0.2, 0) is 0 Å². The Hall–Kier alpha value is -1.30. The third kappa shape index (κ3) is 1.44. The SMILES string of the molecule is CSc1nnc2c(n1)N(C)C=CO2. The Balaban J connectivity index is 2.45. The normalized spacial score (nSPS) is 13.8. The highest BCUT2D eigenvalue weighted by molar-refractivity contribution is 7.98. The lowest BCUT2D eigenvalue weighted by Gasteiger charge is -2.18. The lowest BCUT2D eigenvalue weighted by molar-refractivity contribution is 0.435. The topological polar surface area (TPSA) is 51.1 Å². The zero-order chi connectivity index (χ0) is 9.26. The molecule has 1 aliphatic rings. The van der Waals surface area contributed by atoms with Crippen LogP contribution in [-0.4, -0.2) is 28.5 Å². The van der Waals surface area contributed by atoms with Gasteiger partial charge in [0, 0.05) is 13.2 Å². The molecule has 0 saturated heterocycles. The molecular weight excluding hydrogens is 188 g/mol. The van der Waals surface area contributed by atoms with E-state index in [9.17, 15) is 0 Å². The van der Waals surface area contributed by atoms with Gasteiger partial charge in [-0.25, -0.2) is 0 Å². The summed E-state index contributed by atoms with van der Waals surface area (Å²) in [6.45, 7) is 0. The van der Waals surface area contributed by atoms with Gasteiger partial charge < -0.3 is 9.64 Å². The highest BCUT2D eigenvalue weighted by Gasteiger charge is 2.15. The average molecular weight is 196 g/mol. The van der Waals surface area contributed by atoms with Crippen LogP contribution in [0.2, 0.25) is 0 Å². The van der Waals surface area contributed by atoms with Gasteiger partial charge in [-0.05, 0) is 6.26 Å². The third-order valence-corrected chi connectivity index (χ3v) is 2.14. The number of nitrogens with zero attached hydrogens (tertiary/aromatic N) is 4. The van der Waals surface area contributed by atoms with E-state index in [1.807, 2.05) is 18.2 Å². The van der Waals surface area contributed by atoms with Crippen molar-refractivity contribution in [1.29, 1.82) is 0 Å². The summed E-state index contributed by atoms with van der Waals surface area (Å²) in [7, 11) is 1.89. The summed E-state index contributed by atoms with van der Waals surface area (Å²) < 4.78 is 5.13. The molecule has 0 fully saturated rings. The van der Waals surface area contributed by atoms with Crippen LogP contribution in [0.4, 0.5) is 5.82 Å². The maximum atomic E-state index is 5.13. The van der Waals surface area contributed by atoms with Crippen LogP contribution < -0.4 is 9.64 Å². The fourth-order valence-corrected chi connectivity index (χ4v) is 1.24. The monoisotopic (exact) mass is 196 g/mol. The molecule has 0 amide bonds. The van der Waals surface area contributed by atoms with E-state index < -0.39 is 0 Å². The van der Waals surface area contributed by atoms with Crippen LogP contribution in [0.25, 0.3) is 0 Å². The molecule has 13 heavy (non-hydrogen) atoms. The second kappa shape index (κ2) is 3.21. The highest BCUT2D eigenvalue weighted by Crippen LogP contribution is 2.26. The number of anilines is 1. The number of thioether (sulfide) groups is 1. The molecule has 0 atom stereocenters. The molecule has 1 aromatic rings. The predicted molar refractivity (Wildman–Crippen MR) is 49.8 cm³/mol. The minimum atomic E-state index is 0.447. The van der Waals surface area contributed by atoms with Crippen LogP contribution in [0, 0.1) is 0 Å². The zero-order valence-corrected chi connectivity index (χ0v) is 8.08. The van der Waals surface area contributed by atoms with Gasteiger partial charge in [0.05, 0.1) is 0 Å². The summed E-state index contributed by atoms with van der Waals surface area (Å²) in [6, 6.07) is 0. The smallest absolute Gasteiger partial charge is 0.282 e. The van der Waals surface area contributed by atoms with E-state index in [0.717, 1.165) is 0 Å². The molecule has 0 saturated carbocycles. The summed E-state index contributed by atoms with van der Waals surface area (Å²) in [4.78, 5) is 6.09. The van der Waals surface area contributed by atoms with Gasteiger partial charge in [-0.2, -0.15) is 4.98 Å². The van der Waals surface area contributed by atoms with Gasteiger partial charge >= 0.3 is 0 Å². The summed E-state index contributed by atoms with van der Waals surface area (Å²) in [5.41, 5.74) is 0. The first-order valence-electron chi connectivity index (χ1n) is 3.66. The minimum Gasteiger partial charge on any atom is -0.441 e. The lowest BCUT2D eigenvalue weighted by atomic mass is 10.5. The van der Waals surface area contributed by atoms with Crippen LogP contribution in [0.5, 0.6) is 5.88 Å². The van der Waals surface area contributed by atoms with Crippen molar-refractivity contribution in [3.05, 3.63) is 12.5 Å². The predicted octanol–water partition coefficient (Wildman–Crippen LogP) is 0.893. The van der Waals surface area contributed by atoms with E-state index in [0.29, 0.717) is 16.9 Å². The molecule has 0 unspecified atom stereocenters. The molecule has 0 bridgehead atoms. The maximum absolute atomic E-state index is 5.13. The summed E-state index contributed by atoms with van der Waals surface area (Å²) in [5, 5.41) is 8.40. The van der Waals surface area contributed by atoms with Crippen LogP contribution >= 0.6 is 11.8 Å². The van der Waals surface area contributed by atoms with E-state index in [1.165, 1.54) is 11.8 Å². The molecule has 1 aromatic heterocycles. The average Bonchev–Trinajstić information content (AvgIpc) is 2.18. The van der Waals surface area contributed by atoms with Crippen molar-refractivity contribution >= 4 is 17.6 Å². The molecular formula is C7H8N4OS. The van der Waals surface area contributed by atoms with E-state index in [2.05, 4.69) is 15.2 Å². The molecule has 0 N–H and O–H groups in total. The Labute approximate surface area is 79.8 Å². The van der Waals surface area contributed by atoms with Gasteiger partial charge in [0.1, 0.15) is 6.26 Å². The third-order valence-electron chi connectivity index (χ3n) is 1.60. The van der Waals surface area contributed by atoms with Crippen LogP contribution in [0.1, 0.15) is 0 Å². The van der Waals surface area contributed by atoms with Gasteiger partial charge in [-0.1, -0.05) is 11.8 Å². The minimum absolute atomic E-state index is 0.447. The number of fused-ring (bicyclic) bond motifs is 1. The molecule has 0 spiro atoms. The second-order valence-electron chi connectivity index (χ2n) is 2.44. The van der Waals surface area contributed by atoms with Gasteiger partial charge in [-0.15, -0.1) is 10.2 Å². The Bertz CT molecular complexity index is 354. The van der Waals surface area contributed by atoms with Crippen molar-refractivity contribution in [2.45, 2.75) is 5.16 Å². The zero-order valence-electron chi connectivity index (χ0n) is 7.26. The fraction of sp³-hybridized carbons (Fsp3) is 0.286. The van der Waals surface area contributed by atoms with Crippen LogP contribution in [0.3, 0.4) is 0 Å². The maximum Gasteiger partial charge on any atom is 0.282 e. The van der Waals surface area contributed by atoms with E-state index in [1.54, 1.807) is 12.5 Å². The van der Waals surface area contributed by atoms with E-state index >= 15 is 0 Å². The molecule has 6 heteroatoms. The Morgan fingerprint density at radius 1 is 1.46 bits per heavy atom. The van der Waals surface area contributed by atoms with Crippen LogP contribution in [0.15, 0.2) is 17.6 Å². The molecule has 0 aliphatic carbocycles. The van der Waals surface area contributed by atoms with Crippen molar-refractivity contribution in [1.82, 2.24) is 15.2 Å². The Morgan fingerprint density at radius 2 is 2.31 bits per heavy atom. The van der Waals surface area contributed by atoms with Gasteiger partial charge in [0.15, 0.2) is 0 Å². The number of rotatable bonds is 1. The second-order valence-corrected chi connectivity index (χ2v) is 3.21. The molecule has 0 radical (unpaired) electrons. The first-order valence-corrected chi connectivity index (χ1v) is 4.88. The Morgan fingerprint density at radius 3 is 3.08 bits per heavy atom. The van der Waals surface area contributed by atoms with Gasteiger partial charge in [0.2, 0.25) is 11.0 Å². The van der Waals surface area contributed by atoms with Gasteiger partial charge in [-0.3, -0.25) is 0 Å². The van der Waals surface area contributed by atoms with Crippen molar-refractivity contribution in [3.63, 3.8) is 0 Å². The lowest BCUT2D eigenvalue weighted by Crippen LogP contribution is -2.17. The van der Waals surface area contributed by atoms with Gasteiger partial charge in [0.25, 0.3) is 5.88 Å². The number of hydrogen-bond acceptors (Lipinski definition) is 6. The first kappa shape index (κ1) is 8.31. The summed E-state index contributed by atoms with van der Waals surface area (Å²) >= 11 is 1.45. The fourth-order valence-electron chi connectivity index (χ4n) is 0.943. The number of ether oxygens (including phenoxy) is 1. The molecule has 5 nitrogen and oxygen atoms in total. The van der Waals surface area contributed by atoms with Crippen molar-refractivity contribution in [2.24, 2.45) is 0 Å². The number of aromatic nitrogens is 3. The molecule has 2 heterocycles.